The lowest BCUT2D eigenvalue weighted by atomic mass is 10.1. The largest absolute Gasteiger partial charge is 0.345 e. The maximum atomic E-state index is 12.3. The minimum atomic E-state index is -0.483. The molecule has 3 rings (SSSR count). The molecule has 10 nitrogen and oxygen atoms in total. The van der Waals surface area contributed by atoms with E-state index < -0.39 is 4.92 Å². The number of non-ortho nitro benzene ring substituents is 1. The second kappa shape index (κ2) is 10.1. The van der Waals surface area contributed by atoms with Crippen molar-refractivity contribution in [1.82, 2.24) is 20.1 Å². The molecule has 3 aromatic rings. The summed E-state index contributed by atoms with van der Waals surface area (Å²) < 4.78 is 1.71. The van der Waals surface area contributed by atoms with Gasteiger partial charge in [-0.1, -0.05) is 29.5 Å². The lowest BCUT2D eigenvalue weighted by molar-refractivity contribution is -0.384. The number of nitro groups is 1. The van der Waals surface area contributed by atoms with Gasteiger partial charge in [-0.2, -0.15) is 0 Å². The van der Waals surface area contributed by atoms with Crippen LogP contribution in [0.3, 0.4) is 0 Å². The van der Waals surface area contributed by atoms with E-state index in [4.69, 9.17) is 0 Å². The number of amides is 2. The Morgan fingerprint density at radius 1 is 1.16 bits per heavy atom. The van der Waals surface area contributed by atoms with E-state index in [9.17, 15) is 19.7 Å². The molecule has 1 heterocycles. The number of aromatic nitrogens is 3. The van der Waals surface area contributed by atoms with E-state index in [1.807, 2.05) is 19.1 Å². The molecule has 0 spiro atoms. The predicted octanol–water partition coefficient (Wildman–Crippen LogP) is 3.00. The van der Waals surface area contributed by atoms with Crippen LogP contribution in [0.1, 0.15) is 27.3 Å². The number of aryl methyl sites for hydroxylation is 2. The monoisotopic (exact) mass is 454 g/mol. The Hall–Kier alpha value is -3.73. The second-order valence-corrected chi connectivity index (χ2v) is 8.05. The number of nitrogens with zero attached hydrogens (tertiary/aromatic N) is 4. The highest BCUT2D eigenvalue weighted by Gasteiger charge is 2.14. The second-order valence-electron chi connectivity index (χ2n) is 7.10. The first-order valence-electron chi connectivity index (χ1n) is 9.65. The fourth-order valence-electron chi connectivity index (χ4n) is 2.89. The average molecular weight is 455 g/mol. The van der Waals surface area contributed by atoms with Gasteiger partial charge in [0.05, 0.1) is 17.2 Å². The van der Waals surface area contributed by atoms with Crippen LogP contribution in [0.25, 0.3) is 0 Å². The van der Waals surface area contributed by atoms with Gasteiger partial charge in [0.25, 0.3) is 11.6 Å². The van der Waals surface area contributed by atoms with Crippen LogP contribution in [0.5, 0.6) is 0 Å². The summed E-state index contributed by atoms with van der Waals surface area (Å²) >= 11 is 1.20. The first-order valence-corrected chi connectivity index (χ1v) is 10.6. The van der Waals surface area contributed by atoms with Crippen LogP contribution in [0, 0.1) is 24.0 Å². The first-order chi connectivity index (χ1) is 15.2. The third-order valence-corrected chi connectivity index (χ3v) is 5.66. The lowest BCUT2D eigenvalue weighted by Gasteiger charge is -2.08. The fourth-order valence-corrected chi connectivity index (χ4v) is 3.62. The van der Waals surface area contributed by atoms with Crippen LogP contribution in [-0.2, 0) is 18.4 Å². The molecule has 0 aliphatic heterocycles. The molecule has 2 N–H and O–H groups in total. The van der Waals surface area contributed by atoms with Crippen molar-refractivity contribution in [1.29, 1.82) is 0 Å². The molecule has 0 aliphatic carbocycles. The van der Waals surface area contributed by atoms with Crippen LogP contribution < -0.4 is 10.6 Å². The number of nitro benzene ring substituents is 1. The van der Waals surface area contributed by atoms with Gasteiger partial charge in [-0.3, -0.25) is 19.7 Å². The Labute approximate surface area is 188 Å². The van der Waals surface area contributed by atoms with Gasteiger partial charge in [-0.05, 0) is 37.6 Å². The molecule has 0 atom stereocenters. The molecule has 0 fully saturated rings. The zero-order valence-electron chi connectivity index (χ0n) is 17.8. The zero-order valence-corrected chi connectivity index (χ0v) is 18.6. The summed E-state index contributed by atoms with van der Waals surface area (Å²) in [7, 11) is 1.76. The van der Waals surface area contributed by atoms with Crippen LogP contribution in [-0.4, -0.2) is 37.3 Å². The lowest BCUT2D eigenvalue weighted by Crippen LogP contribution is -2.24. The van der Waals surface area contributed by atoms with Crippen LogP contribution >= 0.6 is 11.8 Å². The highest BCUT2D eigenvalue weighted by molar-refractivity contribution is 7.99. The smallest absolute Gasteiger partial charge is 0.269 e. The minimum Gasteiger partial charge on any atom is -0.345 e. The normalized spacial score (nSPS) is 10.6. The van der Waals surface area contributed by atoms with E-state index in [1.165, 1.54) is 30.0 Å². The van der Waals surface area contributed by atoms with Crippen molar-refractivity contribution in [2.75, 3.05) is 11.1 Å². The van der Waals surface area contributed by atoms with Crippen molar-refractivity contribution in [2.24, 2.45) is 7.05 Å². The molecule has 0 aliphatic rings. The van der Waals surface area contributed by atoms with Gasteiger partial charge in [0.15, 0.2) is 11.0 Å². The summed E-state index contributed by atoms with van der Waals surface area (Å²) in [6.07, 6.45) is 0. The number of carbonyl (C=O) groups excluding carboxylic acids is 2. The number of rotatable bonds is 8. The third-order valence-electron chi connectivity index (χ3n) is 4.64. The summed E-state index contributed by atoms with van der Waals surface area (Å²) in [5.41, 5.74) is 2.65. The van der Waals surface area contributed by atoms with Crippen LogP contribution in [0.4, 0.5) is 11.4 Å². The molecule has 0 bridgehead atoms. The van der Waals surface area contributed by atoms with Gasteiger partial charge in [0.2, 0.25) is 5.91 Å². The Balaban J connectivity index is 1.53. The molecule has 0 unspecified atom stereocenters. The molecule has 2 aromatic carbocycles. The van der Waals surface area contributed by atoms with Gasteiger partial charge >= 0.3 is 0 Å². The highest BCUT2D eigenvalue weighted by Crippen LogP contribution is 2.22. The van der Waals surface area contributed by atoms with Crippen molar-refractivity contribution >= 4 is 35.0 Å². The van der Waals surface area contributed by atoms with Crippen molar-refractivity contribution in [3.8, 4) is 0 Å². The van der Waals surface area contributed by atoms with E-state index in [-0.39, 0.29) is 29.8 Å². The molecule has 166 valence electrons. The number of carbonyl (C=O) groups is 2. The molecule has 1 aromatic heterocycles. The van der Waals surface area contributed by atoms with Gasteiger partial charge < -0.3 is 15.2 Å². The Bertz CT molecular complexity index is 1180. The summed E-state index contributed by atoms with van der Waals surface area (Å²) in [4.78, 5) is 34.9. The molecular weight excluding hydrogens is 432 g/mol. The molecule has 2 amide bonds. The Morgan fingerprint density at radius 2 is 1.94 bits per heavy atom. The van der Waals surface area contributed by atoms with Crippen molar-refractivity contribution in [3.63, 3.8) is 0 Å². The van der Waals surface area contributed by atoms with Crippen LogP contribution in [0.15, 0.2) is 47.6 Å². The quantitative estimate of drug-likeness (QED) is 0.304. The van der Waals surface area contributed by atoms with E-state index in [1.54, 1.807) is 30.7 Å². The molecular formula is C21H22N6O4S. The number of nitrogens with one attached hydrogen (secondary N) is 2. The number of benzene rings is 2. The maximum Gasteiger partial charge on any atom is 0.269 e. The van der Waals surface area contributed by atoms with Gasteiger partial charge in [0, 0.05) is 30.4 Å². The Morgan fingerprint density at radius 3 is 2.62 bits per heavy atom. The third kappa shape index (κ3) is 5.70. The topological polar surface area (TPSA) is 132 Å². The predicted molar refractivity (Wildman–Crippen MR) is 121 cm³/mol. The summed E-state index contributed by atoms with van der Waals surface area (Å²) in [5.74, 6) is 0.158. The van der Waals surface area contributed by atoms with E-state index in [2.05, 4.69) is 20.8 Å². The molecule has 11 heteroatoms. The van der Waals surface area contributed by atoms with Gasteiger partial charge in [0.1, 0.15) is 0 Å². The van der Waals surface area contributed by atoms with Gasteiger partial charge in [-0.15, -0.1) is 10.2 Å². The molecule has 0 radical (unpaired) electrons. The summed E-state index contributed by atoms with van der Waals surface area (Å²) in [6.45, 7) is 3.81. The summed E-state index contributed by atoms with van der Waals surface area (Å²) in [6, 6.07) is 11.5. The average Bonchev–Trinajstić information content (AvgIpc) is 3.11. The van der Waals surface area contributed by atoms with Crippen LogP contribution in [0.2, 0.25) is 0 Å². The van der Waals surface area contributed by atoms with Crippen molar-refractivity contribution in [3.05, 3.63) is 75.1 Å². The number of thioether (sulfide) groups is 1. The Kier molecular flexibility index (Phi) is 7.21. The number of hydrogen-bond acceptors (Lipinski definition) is 7. The van der Waals surface area contributed by atoms with E-state index >= 15 is 0 Å². The van der Waals surface area contributed by atoms with Crippen molar-refractivity contribution in [2.45, 2.75) is 25.5 Å². The highest BCUT2D eigenvalue weighted by atomic mass is 32.2. The first kappa shape index (κ1) is 22.9. The standard InChI is InChI=1S/C21H22N6O4S/c1-13-5-4-6-15(9-13)20(29)22-11-18-24-25-21(26(18)3)32-12-19(28)23-17-8-7-16(27(30)31)10-14(17)2/h4-10H,11-12H2,1-3H3,(H,22,29)(H,23,28). The van der Waals surface area contributed by atoms with E-state index in [0.717, 1.165) is 5.56 Å². The molecule has 0 saturated carbocycles. The van der Waals surface area contributed by atoms with Crippen molar-refractivity contribution < 1.29 is 14.5 Å². The zero-order chi connectivity index (χ0) is 23.3. The SMILES string of the molecule is Cc1cccc(C(=O)NCc2nnc(SCC(=O)Nc3ccc([N+](=O)[O-])cc3C)n2C)c1. The molecule has 0 saturated heterocycles. The van der Waals surface area contributed by atoms with E-state index in [0.29, 0.717) is 27.8 Å². The number of hydrogen-bond donors (Lipinski definition) is 2. The minimum absolute atomic E-state index is 0.0315. The summed E-state index contributed by atoms with van der Waals surface area (Å²) in [5, 5.41) is 25.1. The maximum absolute atomic E-state index is 12.3. The van der Waals surface area contributed by atoms with Gasteiger partial charge in [-0.25, -0.2) is 0 Å². The number of anilines is 1. The molecule has 32 heavy (non-hydrogen) atoms. The fraction of sp³-hybridized carbons (Fsp3) is 0.238.